The number of carbonyl (C=O) groups excluding carboxylic acids is 1. The van der Waals surface area contributed by atoms with Gasteiger partial charge in [-0.25, -0.2) is 0 Å². The van der Waals surface area contributed by atoms with Gasteiger partial charge in [0.2, 0.25) is 5.91 Å². The molecule has 0 aromatic heterocycles. The molecule has 1 aliphatic rings. The fourth-order valence-corrected chi connectivity index (χ4v) is 2.54. The number of amides is 1. The lowest BCUT2D eigenvalue weighted by molar-refractivity contribution is -0.128. The van der Waals surface area contributed by atoms with Crippen LogP contribution in [0, 0.1) is 5.92 Å². The largest absolute Gasteiger partial charge is 0.396 e. The molecule has 1 fully saturated rings. The normalized spacial score (nSPS) is 19.5. The molecule has 1 saturated heterocycles. The van der Waals surface area contributed by atoms with Crippen molar-refractivity contribution in [2.45, 2.75) is 19.5 Å². The molecular weight excluding hydrogens is 240 g/mol. The number of benzene rings is 1. The quantitative estimate of drug-likeness (QED) is 0.864. The van der Waals surface area contributed by atoms with Gasteiger partial charge in [-0.1, -0.05) is 24.3 Å². The van der Waals surface area contributed by atoms with Gasteiger partial charge >= 0.3 is 0 Å². The van der Waals surface area contributed by atoms with Crippen molar-refractivity contribution in [3.05, 3.63) is 35.4 Å². The van der Waals surface area contributed by atoms with E-state index in [-0.39, 0.29) is 18.4 Å². The van der Waals surface area contributed by atoms with Crippen molar-refractivity contribution in [2.75, 3.05) is 27.2 Å². The Morgan fingerprint density at radius 3 is 2.74 bits per heavy atom. The number of aliphatic hydroxyl groups excluding tert-OH is 1. The first-order valence-electron chi connectivity index (χ1n) is 6.69. The lowest BCUT2D eigenvalue weighted by Crippen LogP contribution is -2.25. The molecule has 1 aromatic rings. The number of hydrogen-bond donors (Lipinski definition) is 1. The molecule has 104 valence electrons. The van der Waals surface area contributed by atoms with Gasteiger partial charge in [-0.3, -0.25) is 4.79 Å². The van der Waals surface area contributed by atoms with Crippen LogP contribution in [-0.2, 0) is 17.9 Å². The third-order valence-electron chi connectivity index (χ3n) is 3.42. The van der Waals surface area contributed by atoms with E-state index in [1.54, 1.807) is 0 Å². The standard InChI is InChI=1S/C15H22N2O2/c1-16(2)8-12-4-3-5-13(6-12)9-17-10-14(11-18)7-15(17)19/h3-6,14,18H,7-11H2,1-2H3. The summed E-state index contributed by atoms with van der Waals surface area (Å²) in [6, 6.07) is 8.35. The van der Waals surface area contributed by atoms with Gasteiger partial charge in [0.05, 0.1) is 0 Å². The van der Waals surface area contributed by atoms with Crippen molar-refractivity contribution in [3.8, 4) is 0 Å². The summed E-state index contributed by atoms with van der Waals surface area (Å²) < 4.78 is 0. The van der Waals surface area contributed by atoms with Crippen LogP contribution in [0.25, 0.3) is 0 Å². The summed E-state index contributed by atoms with van der Waals surface area (Å²) in [5.74, 6) is 0.259. The van der Waals surface area contributed by atoms with Gasteiger partial charge in [0, 0.05) is 38.6 Å². The molecule has 1 aliphatic heterocycles. The molecule has 0 bridgehead atoms. The molecule has 0 spiro atoms. The third-order valence-corrected chi connectivity index (χ3v) is 3.42. The van der Waals surface area contributed by atoms with Crippen LogP contribution in [0.15, 0.2) is 24.3 Å². The third kappa shape index (κ3) is 3.78. The van der Waals surface area contributed by atoms with Gasteiger partial charge < -0.3 is 14.9 Å². The van der Waals surface area contributed by atoms with Gasteiger partial charge in [-0.15, -0.1) is 0 Å². The number of aliphatic hydroxyl groups is 1. The van der Waals surface area contributed by atoms with Crippen molar-refractivity contribution in [2.24, 2.45) is 5.92 Å². The Morgan fingerprint density at radius 2 is 2.11 bits per heavy atom. The summed E-state index contributed by atoms with van der Waals surface area (Å²) >= 11 is 0. The summed E-state index contributed by atoms with van der Waals surface area (Å²) in [4.78, 5) is 15.8. The Kier molecular flexibility index (Phi) is 4.56. The number of hydrogen-bond acceptors (Lipinski definition) is 3. The first-order valence-corrected chi connectivity index (χ1v) is 6.69. The van der Waals surface area contributed by atoms with E-state index in [0.717, 1.165) is 12.1 Å². The highest BCUT2D eigenvalue weighted by Crippen LogP contribution is 2.20. The van der Waals surface area contributed by atoms with Crippen LogP contribution in [0.5, 0.6) is 0 Å². The fraction of sp³-hybridized carbons (Fsp3) is 0.533. The first kappa shape index (κ1) is 14.0. The van der Waals surface area contributed by atoms with Crippen LogP contribution in [0.1, 0.15) is 17.5 Å². The molecule has 1 amide bonds. The average molecular weight is 262 g/mol. The molecule has 1 atom stereocenters. The van der Waals surface area contributed by atoms with Gasteiger partial charge in [-0.2, -0.15) is 0 Å². The van der Waals surface area contributed by atoms with E-state index in [2.05, 4.69) is 23.1 Å². The molecule has 1 aromatic carbocycles. The molecule has 4 nitrogen and oxygen atoms in total. The maximum atomic E-state index is 11.8. The van der Waals surface area contributed by atoms with E-state index in [4.69, 9.17) is 5.11 Å². The SMILES string of the molecule is CN(C)Cc1cccc(CN2CC(CO)CC2=O)c1. The van der Waals surface area contributed by atoms with Crippen LogP contribution in [0.2, 0.25) is 0 Å². The van der Waals surface area contributed by atoms with E-state index in [1.165, 1.54) is 5.56 Å². The van der Waals surface area contributed by atoms with Crippen LogP contribution >= 0.6 is 0 Å². The minimum absolute atomic E-state index is 0.100. The maximum Gasteiger partial charge on any atom is 0.223 e. The smallest absolute Gasteiger partial charge is 0.223 e. The van der Waals surface area contributed by atoms with E-state index in [9.17, 15) is 4.79 Å². The number of likely N-dealkylation sites (tertiary alicyclic amines) is 1. The highest BCUT2D eigenvalue weighted by Gasteiger charge is 2.28. The van der Waals surface area contributed by atoms with Crippen molar-refractivity contribution in [1.82, 2.24) is 9.80 Å². The molecular formula is C15H22N2O2. The summed E-state index contributed by atoms with van der Waals surface area (Å²) in [6.07, 6.45) is 0.480. The number of carbonyl (C=O) groups is 1. The monoisotopic (exact) mass is 262 g/mol. The minimum Gasteiger partial charge on any atom is -0.396 e. The van der Waals surface area contributed by atoms with Gasteiger partial charge in [-0.05, 0) is 25.2 Å². The molecule has 2 rings (SSSR count). The molecule has 19 heavy (non-hydrogen) atoms. The Hall–Kier alpha value is -1.39. The Balaban J connectivity index is 2.01. The maximum absolute atomic E-state index is 11.8. The van der Waals surface area contributed by atoms with Gasteiger partial charge in [0.1, 0.15) is 0 Å². The van der Waals surface area contributed by atoms with Gasteiger partial charge in [0.25, 0.3) is 0 Å². The lowest BCUT2D eigenvalue weighted by atomic mass is 10.1. The predicted octanol–water partition coefficient (Wildman–Crippen LogP) is 1.09. The van der Waals surface area contributed by atoms with Crippen LogP contribution in [0.4, 0.5) is 0 Å². The highest BCUT2D eigenvalue weighted by molar-refractivity contribution is 5.78. The zero-order valence-electron chi connectivity index (χ0n) is 11.7. The fourth-order valence-electron chi connectivity index (χ4n) is 2.54. The van der Waals surface area contributed by atoms with E-state index >= 15 is 0 Å². The Morgan fingerprint density at radius 1 is 1.37 bits per heavy atom. The van der Waals surface area contributed by atoms with Crippen LogP contribution in [-0.4, -0.2) is 48.1 Å². The predicted molar refractivity (Wildman–Crippen MR) is 74.4 cm³/mol. The van der Waals surface area contributed by atoms with Crippen molar-refractivity contribution >= 4 is 5.91 Å². The summed E-state index contributed by atoms with van der Waals surface area (Å²) in [6.45, 7) is 2.33. The average Bonchev–Trinajstić information content (AvgIpc) is 2.70. The second-order valence-electron chi connectivity index (χ2n) is 5.58. The molecule has 0 saturated carbocycles. The zero-order valence-corrected chi connectivity index (χ0v) is 11.7. The summed E-state index contributed by atoms with van der Waals surface area (Å²) in [7, 11) is 4.09. The molecule has 4 heteroatoms. The summed E-state index contributed by atoms with van der Waals surface area (Å²) in [5, 5.41) is 9.13. The first-order chi connectivity index (χ1) is 9.08. The van der Waals surface area contributed by atoms with Gasteiger partial charge in [0.15, 0.2) is 0 Å². The van der Waals surface area contributed by atoms with E-state index in [0.29, 0.717) is 19.5 Å². The Bertz CT molecular complexity index is 446. The van der Waals surface area contributed by atoms with Crippen molar-refractivity contribution < 1.29 is 9.90 Å². The van der Waals surface area contributed by atoms with E-state index < -0.39 is 0 Å². The number of rotatable bonds is 5. The van der Waals surface area contributed by atoms with Crippen molar-refractivity contribution in [1.29, 1.82) is 0 Å². The van der Waals surface area contributed by atoms with Crippen LogP contribution in [0.3, 0.4) is 0 Å². The topological polar surface area (TPSA) is 43.8 Å². The second-order valence-corrected chi connectivity index (χ2v) is 5.58. The van der Waals surface area contributed by atoms with Crippen molar-refractivity contribution in [3.63, 3.8) is 0 Å². The number of nitrogens with zero attached hydrogens (tertiary/aromatic N) is 2. The zero-order chi connectivity index (χ0) is 13.8. The van der Waals surface area contributed by atoms with Crippen LogP contribution < -0.4 is 0 Å². The molecule has 1 unspecified atom stereocenters. The molecule has 0 aliphatic carbocycles. The Labute approximate surface area is 114 Å². The molecule has 0 radical (unpaired) electrons. The van der Waals surface area contributed by atoms with E-state index in [1.807, 2.05) is 25.1 Å². The summed E-state index contributed by atoms with van der Waals surface area (Å²) in [5.41, 5.74) is 2.42. The lowest BCUT2D eigenvalue weighted by Gasteiger charge is -2.17. The minimum atomic E-state index is 0.100. The molecule has 1 heterocycles. The molecule has 1 N–H and O–H groups in total. The highest BCUT2D eigenvalue weighted by atomic mass is 16.3. The second kappa shape index (κ2) is 6.17.